The number of benzene rings is 1. The normalized spacial score (nSPS) is 16.8. The lowest BCUT2D eigenvalue weighted by molar-refractivity contribution is 0.0450. The van der Waals surface area contributed by atoms with Gasteiger partial charge in [-0.25, -0.2) is 4.39 Å². The van der Waals surface area contributed by atoms with Gasteiger partial charge in [-0.15, -0.1) is 0 Å². The number of hydrogen-bond acceptors (Lipinski definition) is 4. The monoisotopic (exact) mass is 346 g/mol. The van der Waals surface area contributed by atoms with Crippen LogP contribution >= 0.6 is 0 Å². The van der Waals surface area contributed by atoms with Crippen molar-refractivity contribution in [2.24, 2.45) is 0 Å². The Morgan fingerprint density at radius 1 is 1.20 bits per heavy atom. The third-order valence-corrected chi connectivity index (χ3v) is 4.81. The Kier molecular flexibility index (Phi) is 5.50. The van der Waals surface area contributed by atoms with Crippen molar-refractivity contribution in [1.29, 1.82) is 0 Å². The molecule has 1 aromatic heterocycles. The van der Waals surface area contributed by atoms with Crippen LogP contribution in [0, 0.1) is 5.82 Å². The minimum absolute atomic E-state index is 0.136. The second-order valence-electron chi connectivity index (χ2n) is 6.24. The van der Waals surface area contributed by atoms with E-state index in [2.05, 4.69) is 11.8 Å². The molecule has 1 aliphatic heterocycles. The number of amides is 1. The number of piperazine rings is 1. The van der Waals surface area contributed by atoms with Crippen molar-refractivity contribution in [2.45, 2.75) is 19.4 Å². The lowest BCUT2D eigenvalue weighted by Gasteiger charge is -2.38. The van der Waals surface area contributed by atoms with Crippen molar-refractivity contribution in [3.8, 4) is 11.1 Å². The number of carbonyl (C=O) groups is 1. The molecule has 0 saturated carbocycles. The van der Waals surface area contributed by atoms with Crippen LogP contribution in [-0.4, -0.2) is 59.6 Å². The lowest BCUT2D eigenvalue weighted by Crippen LogP contribution is -2.52. The maximum absolute atomic E-state index is 13.1. The number of aliphatic hydroxyl groups is 1. The summed E-state index contributed by atoms with van der Waals surface area (Å²) in [7, 11) is 0. The van der Waals surface area contributed by atoms with Gasteiger partial charge in [0.25, 0.3) is 5.91 Å². The molecule has 1 fully saturated rings. The average Bonchev–Trinajstić information content (AvgIpc) is 3.13. The van der Waals surface area contributed by atoms with E-state index in [0.717, 1.165) is 25.1 Å². The molecule has 1 aromatic carbocycles. The number of rotatable bonds is 5. The van der Waals surface area contributed by atoms with Gasteiger partial charge < -0.3 is 14.4 Å². The molecule has 1 amide bonds. The van der Waals surface area contributed by atoms with E-state index in [1.165, 1.54) is 18.4 Å². The van der Waals surface area contributed by atoms with E-state index in [1.54, 1.807) is 23.1 Å². The largest absolute Gasteiger partial charge is 0.459 e. The van der Waals surface area contributed by atoms with Gasteiger partial charge in [-0.1, -0.05) is 19.1 Å². The zero-order valence-electron chi connectivity index (χ0n) is 14.3. The van der Waals surface area contributed by atoms with Crippen LogP contribution in [0.5, 0.6) is 0 Å². The highest BCUT2D eigenvalue weighted by atomic mass is 19.1. The summed E-state index contributed by atoms with van der Waals surface area (Å²) in [5.41, 5.74) is 1.43. The van der Waals surface area contributed by atoms with Crippen LogP contribution in [0.4, 0.5) is 4.39 Å². The first kappa shape index (κ1) is 17.6. The number of furan rings is 1. The molecule has 0 spiro atoms. The second-order valence-corrected chi connectivity index (χ2v) is 6.24. The van der Waals surface area contributed by atoms with Crippen LogP contribution in [-0.2, 0) is 0 Å². The molecule has 134 valence electrons. The first-order valence-corrected chi connectivity index (χ1v) is 8.61. The summed E-state index contributed by atoms with van der Waals surface area (Å²) in [6, 6.07) is 7.90. The number of hydrogen-bond donors (Lipinski definition) is 1. The molecule has 0 aliphatic carbocycles. The van der Waals surface area contributed by atoms with Crippen LogP contribution in [0.3, 0.4) is 0 Å². The van der Waals surface area contributed by atoms with Gasteiger partial charge in [0, 0.05) is 37.8 Å². The highest BCUT2D eigenvalue weighted by molar-refractivity contribution is 5.98. The van der Waals surface area contributed by atoms with Gasteiger partial charge >= 0.3 is 0 Å². The van der Waals surface area contributed by atoms with Crippen molar-refractivity contribution in [3.63, 3.8) is 0 Å². The zero-order chi connectivity index (χ0) is 17.8. The van der Waals surface area contributed by atoms with Crippen LogP contribution in [0.1, 0.15) is 23.9 Å². The van der Waals surface area contributed by atoms with Crippen LogP contribution in [0.25, 0.3) is 11.1 Å². The van der Waals surface area contributed by atoms with E-state index in [1.807, 2.05) is 0 Å². The summed E-state index contributed by atoms with van der Waals surface area (Å²) in [5, 5.41) is 9.42. The SMILES string of the molecule is CCC(CO)N1CCN(C(=O)c2occc2-c2ccc(F)cc2)CC1. The maximum atomic E-state index is 13.1. The first-order chi connectivity index (χ1) is 12.1. The molecular weight excluding hydrogens is 323 g/mol. The molecule has 6 heteroatoms. The fourth-order valence-corrected chi connectivity index (χ4v) is 3.27. The fourth-order valence-electron chi connectivity index (χ4n) is 3.27. The Bertz CT molecular complexity index is 702. The van der Waals surface area contributed by atoms with E-state index >= 15 is 0 Å². The molecule has 1 unspecified atom stereocenters. The predicted molar refractivity (Wildman–Crippen MR) is 92.7 cm³/mol. The maximum Gasteiger partial charge on any atom is 0.290 e. The summed E-state index contributed by atoms with van der Waals surface area (Å²) < 4.78 is 18.6. The Hall–Kier alpha value is -2.18. The molecule has 1 atom stereocenters. The van der Waals surface area contributed by atoms with Gasteiger partial charge in [-0.05, 0) is 30.2 Å². The van der Waals surface area contributed by atoms with E-state index in [9.17, 15) is 14.3 Å². The topological polar surface area (TPSA) is 56.9 Å². The first-order valence-electron chi connectivity index (χ1n) is 8.61. The second kappa shape index (κ2) is 7.80. The molecular formula is C19H23FN2O3. The molecule has 5 nitrogen and oxygen atoms in total. The number of nitrogens with zero attached hydrogens (tertiary/aromatic N) is 2. The van der Waals surface area contributed by atoms with E-state index < -0.39 is 0 Å². The van der Waals surface area contributed by atoms with Crippen LogP contribution in [0.2, 0.25) is 0 Å². The Labute approximate surface area is 146 Å². The molecule has 3 rings (SSSR count). The highest BCUT2D eigenvalue weighted by Gasteiger charge is 2.28. The minimum Gasteiger partial charge on any atom is -0.459 e. The number of halogens is 1. The quantitative estimate of drug-likeness (QED) is 0.904. The molecule has 2 heterocycles. The molecule has 0 bridgehead atoms. The third kappa shape index (κ3) is 3.75. The highest BCUT2D eigenvalue weighted by Crippen LogP contribution is 2.26. The molecule has 25 heavy (non-hydrogen) atoms. The van der Waals surface area contributed by atoms with Gasteiger partial charge in [0.05, 0.1) is 12.9 Å². The van der Waals surface area contributed by atoms with Crippen LogP contribution in [0.15, 0.2) is 41.0 Å². The third-order valence-electron chi connectivity index (χ3n) is 4.81. The molecule has 2 aromatic rings. The van der Waals surface area contributed by atoms with E-state index in [0.29, 0.717) is 18.7 Å². The van der Waals surface area contributed by atoms with Crippen molar-refractivity contribution in [3.05, 3.63) is 48.2 Å². The van der Waals surface area contributed by atoms with Gasteiger partial charge in [-0.2, -0.15) is 0 Å². The summed E-state index contributed by atoms with van der Waals surface area (Å²) in [6.07, 6.45) is 2.37. The Morgan fingerprint density at radius 3 is 2.48 bits per heavy atom. The predicted octanol–water partition coefficient (Wildman–Crippen LogP) is 2.61. The molecule has 1 N–H and O–H groups in total. The van der Waals surface area contributed by atoms with E-state index in [-0.39, 0.29) is 30.1 Å². The van der Waals surface area contributed by atoms with Crippen molar-refractivity contribution in [1.82, 2.24) is 9.80 Å². The van der Waals surface area contributed by atoms with Gasteiger partial charge in [0.15, 0.2) is 5.76 Å². The lowest BCUT2D eigenvalue weighted by atomic mass is 10.1. The minimum atomic E-state index is -0.314. The summed E-state index contributed by atoms with van der Waals surface area (Å²) in [5.74, 6) is -0.180. The Morgan fingerprint density at radius 2 is 1.88 bits per heavy atom. The average molecular weight is 346 g/mol. The summed E-state index contributed by atoms with van der Waals surface area (Å²) in [6.45, 7) is 4.85. The van der Waals surface area contributed by atoms with Gasteiger partial charge in [0.2, 0.25) is 0 Å². The van der Waals surface area contributed by atoms with Gasteiger partial charge in [-0.3, -0.25) is 9.69 Å². The smallest absolute Gasteiger partial charge is 0.290 e. The Balaban J connectivity index is 1.71. The van der Waals surface area contributed by atoms with Crippen molar-refractivity contribution >= 4 is 5.91 Å². The fraction of sp³-hybridized carbons (Fsp3) is 0.421. The van der Waals surface area contributed by atoms with Crippen molar-refractivity contribution < 1.29 is 18.7 Å². The molecule has 1 saturated heterocycles. The van der Waals surface area contributed by atoms with Crippen LogP contribution < -0.4 is 0 Å². The number of carbonyl (C=O) groups excluding carboxylic acids is 1. The standard InChI is InChI=1S/C19H23FN2O3/c1-2-16(13-23)21-8-10-22(11-9-21)19(24)18-17(7-12-25-18)14-3-5-15(20)6-4-14/h3-7,12,16,23H,2,8-11,13H2,1H3. The zero-order valence-corrected chi connectivity index (χ0v) is 14.3. The molecule has 1 aliphatic rings. The molecule has 0 radical (unpaired) electrons. The summed E-state index contributed by atoms with van der Waals surface area (Å²) >= 11 is 0. The summed E-state index contributed by atoms with van der Waals surface area (Å²) in [4.78, 5) is 16.8. The van der Waals surface area contributed by atoms with Gasteiger partial charge in [0.1, 0.15) is 5.82 Å². The van der Waals surface area contributed by atoms with Crippen molar-refractivity contribution in [2.75, 3.05) is 32.8 Å². The number of aliphatic hydroxyl groups excluding tert-OH is 1. The van der Waals surface area contributed by atoms with E-state index in [4.69, 9.17) is 4.42 Å².